The zero-order valence-electron chi connectivity index (χ0n) is 17.2. The van der Waals surface area contributed by atoms with Crippen LogP contribution in [0.25, 0.3) is 0 Å². The summed E-state index contributed by atoms with van der Waals surface area (Å²) in [6, 6.07) is 7.69. The van der Waals surface area contributed by atoms with Crippen LogP contribution in [-0.2, 0) is 4.79 Å². The van der Waals surface area contributed by atoms with Gasteiger partial charge >= 0.3 is 6.03 Å². The molecular weight excluding hydrogens is 386 g/mol. The lowest BCUT2D eigenvalue weighted by atomic mass is 10.2. The van der Waals surface area contributed by atoms with E-state index in [-0.39, 0.29) is 24.6 Å². The molecular formula is C21H25N5O4. The molecule has 0 bridgehead atoms. The van der Waals surface area contributed by atoms with E-state index >= 15 is 0 Å². The van der Waals surface area contributed by atoms with E-state index in [4.69, 9.17) is 9.47 Å². The number of hydrogen-bond acceptors (Lipinski definition) is 6. The van der Waals surface area contributed by atoms with Crippen molar-refractivity contribution in [3.63, 3.8) is 0 Å². The highest BCUT2D eigenvalue weighted by atomic mass is 16.5. The summed E-state index contributed by atoms with van der Waals surface area (Å²) >= 11 is 0. The summed E-state index contributed by atoms with van der Waals surface area (Å²) < 4.78 is 10.9. The predicted octanol–water partition coefficient (Wildman–Crippen LogP) is 1.72. The molecule has 158 valence electrons. The zero-order valence-corrected chi connectivity index (χ0v) is 17.2. The number of urea groups is 1. The van der Waals surface area contributed by atoms with Crippen molar-refractivity contribution in [2.45, 2.75) is 19.4 Å². The largest absolute Gasteiger partial charge is 0.480 e. The normalized spacial score (nSPS) is 18.8. The molecule has 2 aromatic rings. The Labute approximate surface area is 175 Å². The maximum absolute atomic E-state index is 12.7. The lowest BCUT2D eigenvalue weighted by molar-refractivity contribution is -0.130. The van der Waals surface area contributed by atoms with Crippen LogP contribution in [-0.4, -0.2) is 77.6 Å². The molecule has 0 spiro atoms. The molecule has 2 aliphatic heterocycles. The average Bonchev–Trinajstić information content (AvgIpc) is 3.36. The molecule has 1 aromatic heterocycles. The third-order valence-corrected chi connectivity index (χ3v) is 5.35. The summed E-state index contributed by atoms with van der Waals surface area (Å²) in [6.45, 7) is 4.24. The van der Waals surface area contributed by atoms with Crippen LogP contribution in [0.2, 0.25) is 0 Å². The van der Waals surface area contributed by atoms with E-state index < -0.39 is 0 Å². The first-order valence-corrected chi connectivity index (χ1v) is 9.97. The van der Waals surface area contributed by atoms with Crippen molar-refractivity contribution in [3.05, 3.63) is 42.2 Å². The molecule has 2 aliphatic rings. The lowest BCUT2D eigenvalue weighted by Crippen LogP contribution is -2.42. The number of carbonyl (C=O) groups is 2. The van der Waals surface area contributed by atoms with Gasteiger partial charge in [0.25, 0.3) is 0 Å². The highest BCUT2D eigenvalue weighted by Crippen LogP contribution is 2.22. The van der Waals surface area contributed by atoms with Gasteiger partial charge in [0.15, 0.2) is 0 Å². The Balaban J connectivity index is 1.30. The van der Waals surface area contributed by atoms with Crippen molar-refractivity contribution in [2.24, 2.45) is 0 Å². The van der Waals surface area contributed by atoms with Crippen molar-refractivity contribution >= 4 is 17.6 Å². The first-order chi connectivity index (χ1) is 14.5. The molecule has 4 rings (SSSR count). The summed E-state index contributed by atoms with van der Waals surface area (Å²) in [6.07, 6.45) is 3.57. The first kappa shape index (κ1) is 19.9. The summed E-state index contributed by atoms with van der Waals surface area (Å²) in [5.41, 5.74) is 2.00. The molecule has 1 atom stereocenters. The smallest absolute Gasteiger partial charge is 0.325 e. The average molecular weight is 411 g/mol. The monoisotopic (exact) mass is 411 g/mol. The molecule has 9 heteroatoms. The van der Waals surface area contributed by atoms with Crippen LogP contribution in [0.1, 0.15) is 12.0 Å². The second-order valence-corrected chi connectivity index (χ2v) is 7.46. The van der Waals surface area contributed by atoms with Gasteiger partial charge in [0.2, 0.25) is 17.7 Å². The second-order valence-electron chi connectivity index (χ2n) is 7.46. The molecule has 0 radical (unpaired) electrons. The molecule has 1 unspecified atom stereocenters. The predicted molar refractivity (Wildman–Crippen MR) is 110 cm³/mol. The highest BCUT2D eigenvalue weighted by Gasteiger charge is 2.34. The van der Waals surface area contributed by atoms with Gasteiger partial charge in [-0.3, -0.25) is 14.7 Å². The molecule has 3 heterocycles. The summed E-state index contributed by atoms with van der Waals surface area (Å²) in [7, 11) is 1.52. The number of amides is 3. The van der Waals surface area contributed by atoms with E-state index in [1.54, 1.807) is 14.7 Å². The fourth-order valence-corrected chi connectivity index (χ4v) is 3.66. The van der Waals surface area contributed by atoms with Crippen LogP contribution in [0, 0.1) is 6.92 Å². The summed E-state index contributed by atoms with van der Waals surface area (Å²) in [5, 5.41) is 0. The first-order valence-electron chi connectivity index (χ1n) is 9.97. The standard InChI is InChI=1S/C21H25N5O4/c1-15-3-5-16(6-4-15)26-10-9-25(21(26)28)14-20(27)24-8-7-17(13-24)30-19-12-22-11-18(23-19)29-2/h3-6,11-12,17H,7-10,13-14H2,1-2H3. The van der Waals surface area contributed by atoms with E-state index in [1.807, 2.05) is 31.2 Å². The lowest BCUT2D eigenvalue weighted by Gasteiger charge is -2.22. The number of hydrogen-bond donors (Lipinski definition) is 0. The van der Waals surface area contributed by atoms with E-state index in [2.05, 4.69) is 9.97 Å². The minimum Gasteiger partial charge on any atom is -0.480 e. The van der Waals surface area contributed by atoms with Crippen molar-refractivity contribution in [1.82, 2.24) is 19.8 Å². The highest BCUT2D eigenvalue weighted by molar-refractivity contribution is 5.96. The third-order valence-electron chi connectivity index (χ3n) is 5.35. The van der Waals surface area contributed by atoms with E-state index in [0.717, 1.165) is 11.3 Å². The summed E-state index contributed by atoms with van der Waals surface area (Å²) in [4.78, 5) is 38.7. The number of aryl methyl sites for hydroxylation is 1. The number of carbonyl (C=O) groups excluding carboxylic acids is 2. The van der Waals surface area contributed by atoms with E-state index in [1.165, 1.54) is 19.5 Å². The fraction of sp³-hybridized carbons (Fsp3) is 0.429. The SMILES string of the molecule is COc1cncc(OC2CCN(C(=O)CN3CCN(c4ccc(C)cc4)C3=O)C2)n1. The van der Waals surface area contributed by atoms with Gasteiger partial charge in [0, 0.05) is 31.7 Å². The Morgan fingerprint density at radius 1 is 1.13 bits per heavy atom. The van der Waals surface area contributed by atoms with Crippen LogP contribution in [0.3, 0.4) is 0 Å². The number of nitrogens with zero attached hydrogens (tertiary/aromatic N) is 5. The van der Waals surface area contributed by atoms with Crippen molar-refractivity contribution in [2.75, 3.05) is 44.7 Å². The third kappa shape index (κ3) is 4.29. The number of benzene rings is 1. The molecule has 3 amide bonds. The molecule has 0 saturated carbocycles. The fourth-order valence-electron chi connectivity index (χ4n) is 3.66. The van der Waals surface area contributed by atoms with Crippen molar-refractivity contribution < 1.29 is 19.1 Å². The molecule has 0 N–H and O–H groups in total. The second kappa shape index (κ2) is 8.56. The Morgan fingerprint density at radius 3 is 2.67 bits per heavy atom. The van der Waals surface area contributed by atoms with Crippen molar-refractivity contribution in [1.29, 1.82) is 0 Å². The Hall–Kier alpha value is -3.36. The van der Waals surface area contributed by atoms with Crippen LogP contribution < -0.4 is 14.4 Å². The van der Waals surface area contributed by atoms with Crippen LogP contribution in [0.4, 0.5) is 10.5 Å². The van der Waals surface area contributed by atoms with Crippen LogP contribution in [0.5, 0.6) is 11.8 Å². The Kier molecular flexibility index (Phi) is 5.69. The Bertz CT molecular complexity index is 920. The van der Waals surface area contributed by atoms with Gasteiger partial charge < -0.3 is 19.3 Å². The maximum atomic E-state index is 12.7. The van der Waals surface area contributed by atoms with E-state index in [9.17, 15) is 9.59 Å². The number of aromatic nitrogens is 2. The molecule has 0 aliphatic carbocycles. The number of likely N-dealkylation sites (tertiary alicyclic amines) is 1. The van der Waals surface area contributed by atoms with E-state index in [0.29, 0.717) is 44.4 Å². The van der Waals surface area contributed by atoms with Gasteiger partial charge in [-0.05, 0) is 19.1 Å². The quantitative estimate of drug-likeness (QED) is 0.719. The van der Waals surface area contributed by atoms with Gasteiger partial charge in [-0.2, -0.15) is 4.98 Å². The zero-order chi connectivity index (χ0) is 21.1. The van der Waals surface area contributed by atoms with Gasteiger partial charge in [-0.1, -0.05) is 17.7 Å². The van der Waals surface area contributed by atoms with Gasteiger partial charge in [-0.25, -0.2) is 4.79 Å². The molecule has 9 nitrogen and oxygen atoms in total. The minimum atomic E-state index is -0.159. The molecule has 2 fully saturated rings. The number of ether oxygens (including phenoxy) is 2. The van der Waals surface area contributed by atoms with Gasteiger partial charge in [0.1, 0.15) is 12.6 Å². The number of anilines is 1. The molecule has 2 saturated heterocycles. The van der Waals surface area contributed by atoms with Gasteiger partial charge in [-0.15, -0.1) is 0 Å². The van der Waals surface area contributed by atoms with Gasteiger partial charge in [0.05, 0.1) is 26.0 Å². The summed E-state index contributed by atoms with van der Waals surface area (Å²) in [5.74, 6) is 0.679. The number of methoxy groups -OCH3 is 1. The Morgan fingerprint density at radius 2 is 1.90 bits per heavy atom. The molecule has 30 heavy (non-hydrogen) atoms. The number of rotatable bonds is 6. The van der Waals surface area contributed by atoms with Crippen LogP contribution >= 0.6 is 0 Å². The topological polar surface area (TPSA) is 88.1 Å². The minimum absolute atomic E-state index is 0.0723. The van der Waals surface area contributed by atoms with Crippen molar-refractivity contribution in [3.8, 4) is 11.8 Å². The maximum Gasteiger partial charge on any atom is 0.325 e. The van der Waals surface area contributed by atoms with Crippen LogP contribution in [0.15, 0.2) is 36.7 Å². The molecule has 1 aromatic carbocycles.